The average molecular weight is 562 g/mol. The van der Waals surface area contributed by atoms with Gasteiger partial charge >= 0.3 is 6.18 Å². The van der Waals surface area contributed by atoms with Crippen LogP contribution in [0.1, 0.15) is 16.9 Å². The van der Waals surface area contributed by atoms with Crippen molar-refractivity contribution in [3.05, 3.63) is 94.7 Å². The number of carbonyl (C=O) groups excluding carboxylic acids is 1. The van der Waals surface area contributed by atoms with Gasteiger partial charge in [0.15, 0.2) is 5.17 Å². The van der Waals surface area contributed by atoms with Gasteiger partial charge in [0.1, 0.15) is 11.5 Å². The molecule has 1 aliphatic heterocycles. The van der Waals surface area contributed by atoms with Gasteiger partial charge < -0.3 is 4.42 Å². The van der Waals surface area contributed by atoms with E-state index in [1.165, 1.54) is 17.2 Å². The van der Waals surface area contributed by atoms with Gasteiger partial charge in [-0.3, -0.25) is 9.69 Å². The van der Waals surface area contributed by atoms with E-state index < -0.39 is 17.0 Å². The van der Waals surface area contributed by atoms with Crippen LogP contribution in [0.25, 0.3) is 11.3 Å². The first kappa shape index (κ1) is 25.0. The first-order valence-corrected chi connectivity index (χ1v) is 12.1. The number of thioether (sulfide) groups is 1. The molecule has 1 fully saturated rings. The van der Waals surface area contributed by atoms with E-state index in [9.17, 15) is 18.0 Å². The highest BCUT2D eigenvalue weighted by atomic mass is 79.9. The summed E-state index contributed by atoms with van der Waals surface area (Å²) in [4.78, 5) is 14.3. The summed E-state index contributed by atoms with van der Waals surface area (Å²) in [6.07, 6.45) is -1.31. The van der Waals surface area contributed by atoms with E-state index in [0.717, 1.165) is 33.9 Å². The zero-order valence-corrected chi connectivity index (χ0v) is 20.6. The Labute approximate surface area is 212 Å². The van der Waals surface area contributed by atoms with Crippen molar-refractivity contribution in [3.63, 3.8) is 0 Å². The van der Waals surface area contributed by atoms with Crippen molar-refractivity contribution in [2.24, 2.45) is 10.2 Å². The van der Waals surface area contributed by atoms with Crippen LogP contribution in [0.2, 0.25) is 0 Å². The maximum atomic E-state index is 13.0. The molecular formula is C25H19BrF3N3O2S. The Morgan fingerprint density at radius 1 is 1.14 bits per heavy atom. The molecule has 1 atom stereocenters. The normalized spacial score (nSPS) is 17.6. The van der Waals surface area contributed by atoms with Crippen molar-refractivity contribution in [3.8, 4) is 11.3 Å². The highest BCUT2D eigenvalue weighted by molar-refractivity contribution is 9.10. The van der Waals surface area contributed by atoms with E-state index in [0.29, 0.717) is 22.3 Å². The molecule has 1 aromatic heterocycles. The van der Waals surface area contributed by atoms with Gasteiger partial charge in [-0.25, -0.2) is 0 Å². The molecule has 0 aliphatic carbocycles. The third kappa shape index (κ3) is 6.12. The zero-order chi connectivity index (χ0) is 25.0. The number of amides is 1. The van der Waals surface area contributed by atoms with E-state index in [2.05, 4.69) is 32.7 Å². The van der Waals surface area contributed by atoms with Crippen molar-refractivity contribution >= 4 is 45.0 Å². The zero-order valence-electron chi connectivity index (χ0n) is 18.2. The number of alkyl halides is 3. The largest absolute Gasteiger partial charge is 0.455 e. The molecule has 0 bridgehead atoms. The van der Waals surface area contributed by atoms with Crippen molar-refractivity contribution in [1.29, 1.82) is 0 Å². The third-order valence-electron chi connectivity index (χ3n) is 5.09. The van der Waals surface area contributed by atoms with Gasteiger partial charge in [0.05, 0.1) is 17.0 Å². The fourth-order valence-electron chi connectivity index (χ4n) is 3.43. The Hall–Kier alpha value is -3.11. The van der Waals surface area contributed by atoms with E-state index >= 15 is 0 Å². The van der Waals surface area contributed by atoms with E-state index in [1.807, 2.05) is 30.3 Å². The molecule has 1 aliphatic rings. The van der Waals surface area contributed by atoms with Crippen molar-refractivity contribution in [2.75, 3.05) is 6.54 Å². The molecule has 0 N–H and O–H groups in total. The molecule has 0 saturated carbocycles. The van der Waals surface area contributed by atoms with Gasteiger partial charge in [-0.15, -0.1) is 11.7 Å². The minimum Gasteiger partial charge on any atom is -0.455 e. The number of carbonyl (C=O) groups is 1. The minimum atomic E-state index is -4.44. The molecule has 2 heterocycles. The SMILES string of the molecule is C=CCN1C(=O)C(Cc2cccc(C(F)(F)F)c2)S/C1=N/N=C/c1ccc(-c2ccc(Br)cc2)o1. The van der Waals surface area contributed by atoms with Crippen LogP contribution in [-0.4, -0.2) is 34.0 Å². The molecule has 35 heavy (non-hydrogen) atoms. The number of hydrogen-bond acceptors (Lipinski definition) is 5. The fraction of sp³-hybridized carbons (Fsp3) is 0.160. The summed E-state index contributed by atoms with van der Waals surface area (Å²) in [5, 5.41) is 7.97. The topological polar surface area (TPSA) is 58.2 Å². The van der Waals surface area contributed by atoms with E-state index in [-0.39, 0.29) is 18.9 Å². The second-order valence-corrected chi connectivity index (χ2v) is 9.67. The van der Waals surface area contributed by atoms with Gasteiger partial charge in [0, 0.05) is 16.6 Å². The average Bonchev–Trinajstić information content (AvgIpc) is 3.40. The Kier molecular flexibility index (Phi) is 7.61. The van der Waals surface area contributed by atoms with Gasteiger partial charge in [0.25, 0.3) is 0 Å². The van der Waals surface area contributed by atoms with Crippen LogP contribution in [0.15, 0.2) is 92.4 Å². The summed E-state index contributed by atoms with van der Waals surface area (Å²) in [7, 11) is 0. The van der Waals surface area contributed by atoms with Crippen molar-refractivity contribution < 1.29 is 22.4 Å². The Morgan fingerprint density at radius 2 is 1.91 bits per heavy atom. The number of furan rings is 1. The summed E-state index contributed by atoms with van der Waals surface area (Å²) in [6.45, 7) is 3.88. The number of hydrogen-bond donors (Lipinski definition) is 0. The molecule has 1 unspecified atom stereocenters. The highest BCUT2D eigenvalue weighted by Crippen LogP contribution is 2.33. The Bertz CT molecular complexity index is 1290. The van der Waals surface area contributed by atoms with Crippen LogP contribution in [0.5, 0.6) is 0 Å². The minimum absolute atomic E-state index is 0.137. The second kappa shape index (κ2) is 10.7. The molecule has 2 aromatic carbocycles. The monoisotopic (exact) mass is 561 g/mol. The maximum absolute atomic E-state index is 13.0. The number of halogens is 4. The summed E-state index contributed by atoms with van der Waals surface area (Å²) >= 11 is 4.56. The summed E-state index contributed by atoms with van der Waals surface area (Å²) in [5.74, 6) is 0.903. The van der Waals surface area contributed by atoms with Gasteiger partial charge in [0.2, 0.25) is 5.91 Å². The summed E-state index contributed by atoms with van der Waals surface area (Å²) in [5.41, 5.74) is 0.587. The highest BCUT2D eigenvalue weighted by Gasteiger charge is 2.38. The van der Waals surface area contributed by atoms with E-state index in [4.69, 9.17) is 4.42 Å². The van der Waals surface area contributed by atoms with Crippen LogP contribution in [0, 0.1) is 0 Å². The lowest BCUT2D eigenvalue weighted by atomic mass is 10.1. The molecule has 0 radical (unpaired) electrons. The number of rotatable bonds is 7. The lowest BCUT2D eigenvalue weighted by Crippen LogP contribution is -2.32. The van der Waals surface area contributed by atoms with Crippen molar-refractivity contribution in [1.82, 2.24) is 4.90 Å². The molecule has 4 rings (SSSR count). The summed E-state index contributed by atoms with van der Waals surface area (Å²) in [6, 6.07) is 16.2. The molecule has 1 amide bonds. The van der Waals surface area contributed by atoms with Crippen molar-refractivity contribution in [2.45, 2.75) is 17.8 Å². The fourth-order valence-corrected chi connectivity index (χ4v) is 4.84. The smallest absolute Gasteiger partial charge is 0.416 e. The van der Waals surface area contributed by atoms with Crippen LogP contribution >= 0.6 is 27.7 Å². The first-order chi connectivity index (χ1) is 16.7. The maximum Gasteiger partial charge on any atom is 0.416 e. The van der Waals surface area contributed by atoms with Crippen LogP contribution < -0.4 is 0 Å². The van der Waals surface area contributed by atoms with Crippen LogP contribution in [0.3, 0.4) is 0 Å². The predicted octanol–water partition coefficient (Wildman–Crippen LogP) is 6.79. The molecule has 180 valence electrons. The molecule has 1 saturated heterocycles. The lowest BCUT2D eigenvalue weighted by Gasteiger charge is -2.13. The molecule has 5 nitrogen and oxygen atoms in total. The standard InChI is InChI=1S/C25H19BrF3N3O2S/c1-2-12-32-23(33)22(14-16-4-3-5-18(13-16)25(27,28)29)35-24(32)31-30-15-20-10-11-21(34-20)17-6-8-19(26)9-7-17/h2-11,13,15,22H,1,12,14H2/b30-15+,31-24+. The predicted molar refractivity (Wildman–Crippen MR) is 135 cm³/mol. The third-order valence-corrected chi connectivity index (χ3v) is 6.79. The number of nitrogens with zero attached hydrogens (tertiary/aromatic N) is 3. The van der Waals surface area contributed by atoms with Gasteiger partial charge in [-0.2, -0.15) is 18.3 Å². The van der Waals surface area contributed by atoms with Gasteiger partial charge in [-0.1, -0.05) is 64.1 Å². The first-order valence-electron chi connectivity index (χ1n) is 10.5. The van der Waals surface area contributed by atoms with E-state index in [1.54, 1.807) is 18.2 Å². The van der Waals surface area contributed by atoms with Crippen LogP contribution in [0.4, 0.5) is 13.2 Å². The quantitative estimate of drug-likeness (QED) is 0.181. The number of amidine groups is 1. The molecule has 0 spiro atoms. The molecular weight excluding hydrogens is 543 g/mol. The second-order valence-electron chi connectivity index (χ2n) is 7.58. The molecule has 10 heteroatoms. The Balaban J connectivity index is 1.48. The molecule has 3 aromatic rings. The number of benzene rings is 2. The van der Waals surface area contributed by atoms with Gasteiger partial charge in [-0.05, 0) is 42.3 Å². The van der Waals surface area contributed by atoms with Crippen LogP contribution in [-0.2, 0) is 17.4 Å². The summed E-state index contributed by atoms with van der Waals surface area (Å²) < 4.78 is 45.9. The lowest BCUT2D eigenvalue weighted by molar-refractivity contribution is -0.137. The Morgan fingerprint density at radius 3 is 2.63 bits per heavy atom.